The van der Waals surface area contributed by atoms with Crippen LogP contribution in [0, 0.1) is 24.2 Å². The van der Waals surface area contributed by atoms with Crippen LogP contribution in [-0.4, -0.2) is 31.6 Å². The van der Waals surface area contributed by atoms with E-state index in [1.165, 1.54) is 16.4 Å². The maximum atomic E-state index is 12.8. The van der Waals surface area contributed by atoms with Crippen molar-refractivity contribution in [3.8, 4) is 6.07 Å². The summed E-state index contributed by atoms with van der Waals surface area (Å²) in [5, 5.41) is 8.96. The fraction of sp³-hybridized carbons (Fsp3) is 0.300. The monoisotopic (exact) mass is 368 g/mol. The summed E-state index contributed by atoms with van der Waals surface area (Å²) in [5.41, 5.74) is 2.09. The lowest BCUT2D eigenvalue weighted by molar-refractivity contribution is 0.0875. The molecule has 6 heteroatoms. The maximum absolute atomic E-state index is 12.8. The molecule has 1 aliphatic heterocycles. The van der Waals surface area contributed by atoms with Crippen LogP contribution in [0.15, 0.2) is 53.4 Å². The van der Waals surface area contributed by atoms with Gasteiger partial charge in [0, 0.05) is 24.6 Å². The highest BCUT2D eigenvalue weighted by atomic mass is 32.2. The van der Waals surface area contributed by atoms with Crippen LogP contribution in [0.2, 0.25) is 0 Å². The normalized spacial score (nSPS) is 16.2. The molecule has 0 amide bonds. The van der Waals surface area contributed by atoms with E-state index < -0.39 is 10.0 Å². The largest absolute Gasteiger partial charge is 0.294 e. The lowest BCUT2D eigenvalue weighted by Crippen LogP contribution is -2.40. The number of nitriles is 1. The summed E-state index contributed by atoms with van der Waals surface area (Å²) in [6.07, 6.45) is 1.01. The second-order valence-electron chi connectivity index (χ2n) is 6.55. The van der Waals surface area contributed by atoms with Crippen LogP contribution < -0.4 is 0 Å². The molecule has 0 saturated carbocycles. The number of carbonyl (C=O) groups is 1. The van der Waals surface area contributed by atoms with Gasteiger partial charge in [0.2, 0.25) is 10.0 Å². The van der Waals surface area contributed by atoms with E-state index in [1.807, 2.05) is 37.3 Å². The molecule has 1 aliphatic rings. The Labute approximate surface area is 153 Å². The fourth-order valence-corrected chi connectivity index (χ4v) is 4.70. The average Bonchev–Trinajstić information content (AvgIpc) is 2.68. The van der Waals surface area contributed by atoms with Crippen molar-refractivity contribution in [1.29, 1.82) is 5.26 Å². The van der Waals surface area contributed by atoms with Crippen LogP contribution >= 0.6 is 0 Å². The zero-order chi connectivity index (χ0) is 18.7. The minimum absolute atomic E-state index is 0.0773. The average molecular weight is 368 g/mol. The van der Waals surface area contributed by atoms with Gasteiger partial charge in [-0.25, -0.2) is 8.42 Å². The number of aryl methyl sites for hydroxylation is 1. The van der Waals surface area contributed by atoms with E-state index in [-0.39, 0.29) is 16.6 Å². The summed E-state index contributed by atoms with van der Waals surface area (Å²) in [7, 11) is -3.64. The Bertz CT molecular complexity index is 951. The molecule has 3 rings (SSSR count). The molecular weight excluding hydrogens is 348 g/mol. The molecule has 2 aromatic rings. The summed E-state index contributed by atoms with van der Waals surface area (Å²) in [6, 6.07) is 15.5. The molecule has 0 radical (unpaired) electrons. The van der Waals surface area contributed by atoms with Crippen LogP contribution in [0.4, 0.5) is 0 Å². The molecular formula is C20H20N2O3S. The topological polar surface area (TPSA) is 78.2 Å². The zero-order valence-corrected chi connectivity index (χ0v) is 15.4. The van der Waals surface area contributed by atoms with Gasteiger partial charge in [-0.05, 0) is 38.0 Å². The smallest absolute Gasteiger partial charge is 0.243 e. The highest BCUT2D eigenvalue weighted by Crippen LogP contribution is 2.26. The first-order valence-electron chi connectivity index (χ1n) is 8.53. The summed E-state index contributed by atoms with van der Waals surface area (Å²) in [4.78, 5) is 12.7. The standard InChI is InChI=1S/C20H20N2O3S/c1-15-5-7-17(8-6-15)20(23)18-9-11-22(12-10-18)26(24,25)19-4-2-3-16(13-19)14-21/h2-8,13,18H,9-12H2,1H3. The van der Waals surface area contributed by atoms with E-state index in [2.05, 4.69) is 0 Å². The third-order valence-corrected chi connectivity index (χ3v) is 6.66. The van der Waals surface area contributed by atoms with Crippen LogP contribution in [0.25, 0.3) is 0 Å². The van der Waals surface area contributed by atoms with Gasteiger partial charge in [-0.15, -0.1) is 0 Å². The van der Waals surface area contributed by atoms with E-state index in [9.17, 15) is 13.2 Å². The summed E-state index contributed by atoms with van der Waals surface area (Å²) in [5.74, 6) is -0.0804. The van der Waals surface area contributed by atoms with Gasteiger partial charge >= 0.3 is 0 Å². The predicted octanol–water partition coefficient (Wildman–Crippen LogP) is 3.15. The van der Waals surface area contributed by atoms with E-state index in [4.69, 9.17) is 5.26 Å². The molecule has 134 valence electrons. The third-order valence-electron chi connectivity index (χ3n) is 4.76. The Morgan fingerprint density at radius 3 is 2.38 bits per heavy atom. The lowest BCUT2D eigenvalue weighted by Gasteiger charge is -2.30. The van der Waals surface area contributed by atoms with Gasteiger partial charge in [-0.1, -0.05) is 35.9 Å². The van der Waals surface area contributed by atoms with Crippen LogP contribution in [0.3, 0.4) is 0 Å². The number of benzene rings is 2. The van der Waals surface area contributed by atoms with Crippen molar-refractivity contribution in [2.24, 2.45) is 5.92 Å². The van der Waals surface area contributed by atoms with Crippen molar-refractivity contribution in [2.45, 2.75) is 24.7 Å². The molecule has 0 aromatic heterocycles. The number of hydrogen-bond acceptors (Lipinski definition) is 4. The molecule has 5 nitrogen and oxygen atoms in total. The summed E-state index contributed by atoms with van der Waals surface area (Å²) >= 11 is 0. The van der Waals surface area contributed by atoms with Crippen molar-refractivity contribution in [2.75, 3.05) is 13.1 Å². The molecule has 0 spiro atoms. The number of ketones is 1. The Morgan fingerprint density at radius 2 is 1.77 bits per heavy atom. The zero-order valence-electron chi connectivity index (χ0n) is 14.6. The van der Waals surface area contributed by atoms with Gasteiger partial charge < -0.3 is 0 Å². The van der Waals surface area contributed by atoms with Gasteiger partial charge in [-0.2, -0.15) is 9.57 Å². The van der Waals surface area contributed by atoms with Gasteiger partial charge in [-0.3, -0.25) is 4.79 Å². The number of sulfonamides is 1. The van der Waals surface area contributed by atoms with Crippen molar-refractivity contribution in [3.05, 3.63) is 65.2 Å². The van der Waals surface area contributed by atoms with Crippen molar-refractivity contribution >= 4 is 15.8 Å². The van der Waals surface area contributed by atoms with Gasteiger partial charge in [0.1, 0.15) is 0 Å². The molecule has 2 aromatic carbocycles. The van der Waals surface area contributed by atoms with Gasteiger partial charge in [0.15, 0.2) is 5.78 Å². The third kappa shape index (κ3) is 3.69. The van der Waals surface area contributed by atoms with E-state index >= 15 is 0 Å². The Balaban J connectivity index is 1.70. The maximum Gasteiger partial charge on any atom is 0.243 e. The van der Waals surface area contributed by atoms with Crippen LogP contribution in [0.5, 0.6) is 0 Å². The lowest BCUT2D eigenvalue weighted by atomic mass is 9.89. The molecule has 1 heterocycles. The first kappa shape index (κ1) is 18.3. The SMILES string of the molecule is Cc1ccc(C(=O)C2CCN(S(=O)(=O)c3cccc(C#N)c3)CC2)cc1. The molecule has 0 atom stereocenters. The van der Waals surface area contributed by atoms with E-state index in [0.29, 0.717) is 37.1 Å². The Hall–Kier alpha value is -2.49. The van der Waals surface area contributed by atoms with Crippen LogP contribution in [0.1, 0.15) is 34.3 Å². The molecule has 0 aliphatic carbocycles. The number of hydrogen-bond donors (Lipinski definition) is 0. The molecule has 0 N–H and O–H groups in total. The number of carbonyl (C=O) groups excluding carboxylic acids is 1. The van der Waals surface area contributed by atoms with E-state index in [0.717, 1.165) is 5.56 Å². The minimum atomic E-state index is -3.64. The van der Waals surface area contributed by atoms with E-state index in [1.54, 1.807) is 12.1 Å². The number of piperidine rings is 1. The molecule has 1 saturated heterocycles. The molecule has 26 heavy (non-hydrogen) atoms. The minimum Gasteiger partial charge on any atom is -0.294 e. The first-order valence-corrected chi connectivity index (χ1v) is 9.97. The number of nitrogens with zero attached hydrogens (tertiary/aromatic N) is 2. The molecule has 0 unspecified atom stereocenters. The highest BCUT2D eigenvalue weighted by Gasteiger charge is 2.32. The quantitative estimate of drug-likeness (QED) is 0.777. The first-order chi connectivity index (χ1) is 12.4. The Kier molecular flexibility index (Phi) is 5.21. The number of rotatable bonds is 4. The van der Waals surface area contributed by atoms with Gasteiger partial charge in [0.25, 0.3) is 0 Å². The number of Topliss-reactive ketones (excluding diaryl/α,β-unsaturated/α-hetero) is 1. The Morgan fingerprint density at radius 1 is 1.12 bits per heavy atom. The van der Waals surface area contributed by atoms with Crippen molar-refractivity contribution in [1.82, 2.24) is 4.31 Å². The van der Waals surface area contributed by atoms with Crippen molar-refractivity contribution in [3.63, 3.8) is 0 Å². The predicted molar refractivity (Wildman–Crippen MR) is 98.1 cm³/mol. The highest BCUT2D eigenvalue weighted by molar-refractivity contribution is 7.89. The summed E-state index contributed by atoms with van der Waals surface area (Å²) in [6.45, 7) is 2.58. The summed E-state index contributed by atoms with van der Waals surface area (Å²) < 4.78 is 26.9. The van der Waals surface area contributed by atoms with Crippen molar-refractivity contribution < 1.29 is 13.2 Å². The second-order valence-corrected chi connectivity index (χ2v) is 8.49. The molecule has 1 fully saturated rings. The molecule has 0 bridgehead atoms. The second kappa shape index (κ2) is 7.40. The van der Waals surface area contributed by atoms with Gasteiger partial charge in [0.05, 0.1) is 16.5 Å². The van der Waals surface area contributed by atoms with Crippen LogP contribution in [-0.2, 0) is 10.0 Å². The fourth-order valence-electron chi connectivity index (χ4n) is 3.19.